The van der Waals surface area contributed by atoms with Crippen LogP contribution in [0.4, 0.5) is 0 Å². The minimum atomic E-state index is -0.911. The van der Waals surface area contributed by atoms with Crippen molar-refractivity contribution in [3.8, 4) is 0 Å². The molecule has 1 aromatic heterocycles. The number of carbonyl (C=O) groups is 2. The van der Waals surface area contributed by atoms with E-state index >= 15 is 0 Å². The van der Waals surface area contributed by atoms with Crippen LogP contribution in [0.25, 0.3) is 0 Å². The molecule has 0 bridgehead atoms. The normalized spacial score (nSPS) is 12.4. The highest BCUT2D eigenvalue weighted by Gasteiger charge is 2.22. The van der Waals surface area contributed by atoms with E-state index in [-0.39, 0.29) is 12.5 Å². The second-order valence-corrected chi connectivity index (χ2v) is 5.37. The Labute approximate surface area is 117 Å². The van der Waals surface area contributed by atoms with Gasteiger partial charge in [-0.05, 0) is 31.3 Å². The Kier molecular flexibility index (Phi) is 6.52. The van der Waals surface area contributed by atoms with Crippen molar-refractivity contribution in [2.75, 3.05) is 13.1 Å². The highest BCUT2D eigenvalue weighted by Crippen LogP contribution is 2.08. The minimum absolute atomic E-state index is 0.110. The number of hydrogen-bond acceptors (Lipinski definition) is 4. The SMILES string of the molecule is CCCN(CC(=O)O)C(C)C(=O)NCc1cccs1. The lowest BCUT2D eigenvalue weighted by atomic mass is 10.2. The number of nitrogens with one attached hydrogen (secondary N) is 1. The van der Waals surface area contributed by atoms with Gasteiger partial charge in [-0.1, -0.05) is 13.0 Å². The Morgan fingerprint density at radius 2 is 2.26 bits per heavy atom. The predicted molar refractivity (Wildman–Crippen MR) is 75.1 cm³/mol. The van der Waals surface area contributed by atoms with Gasteiger partial charge in [0.25, 0.3) is 0 Å². The van der Waals surface area contributed by atoms with Crippen LogP contribution < -0.4 is 5.32 Å². The van der Waals surface area contributed by atoms with E-state index < -0.39 is 12.0 Å². The van der Waals surface area contributed by atoms with Gasteiger partial charge in [0.05, 0.1) is 19.1 Å². The minimum Gasteiger partial charge on any atom is -0.480 e. The zero-order valence-electron chi connectivity index (χ0n) is 11.3. The Morgan fingerprint density at radius 1 is 1.53 bits per heavy atom. The monoisotopic (exact) mass is 284 g/mol. The molecule has 0 aliphatic carbocycles. The van der Waals surface area contributed by atoms with E-state index in [1.165, 1.54) is 0 Å². The highest BCUT2D eigenvalue weighted by atomic mass is 32.1. The van der Waals surface area contributed by atoms with Crippen LogP contribution in [0.2, 0.25) is 0 Å². The zero-order valence-corrected chi connectivity index (χ0v) is 12.1. The fourth-order valence-electron chi connectivity index (χ4n) is 1.77. The summed E-state index contributed by atoms with van der Waals surface area (Å²) in [5.74, 6) is -1.05. The van der Waals surface area contributed by atoms with Gasteiger partial charge in [-0.25, -0.2) is 0 Å². The molecule has 0 saturated heterocycles. The number of nitrogens with zero attached hydrogens (tertiary/aromatic N) is 1. The topological polar surface area (TPSA) is 69.6 Å². The molecule has 1 rings (SSSR count). The number of carbonyl (C=O) groups excluding carboxylic acids is 1. The van der Waals surface area contributed by atoms with Crippen LogP contribution in [-0.2, 0) is 16.1 Å². The molecule has 0 aliphatic rings. The standard InChI is InChI=1S/C13H20N2O3S/c1-3-6-15(9-12(16)17)10(2)13(18)14-8-11-5-4-7-19-11/h4-5,7,10H,3,6,8-9H2,1-2H3,(H,14,18)(H,16,17). The molecule has 1 aromatic rings. The molecule has 1 amide bonds. The summed E-state index contributed by atoms with van der Waals surface area (Å²) in [6.07, 6.45) is 0.815. The quantitative estimate of drug-likeness (QED) is 0.760. The second-order valence-electron chi connectivity index (χ2n) is 4.34. The molecule has 0 radical (unpaired) electrons. The number of rotatable bonds is 8. The molecule has 0 saturated carbocycles. The van der Waals surface area contributed by atoms with Crippen LogP contribution in [0, 0.1) is 0 Å². The number of carboxylic acid groups (broad SMARTS) is 1. The third-order valence-corrected chi connectivity index (χ3v) is 3.67. The van der Waals surface area contributed by atoms with Gasteiger partial charge < -0.3 is 10.4 Å². The van der Waals surface area contributed by atoms with Crippen molar-refractivity contribution in [3.05, 3.63) is 22.4 Å². The van der Waals surface area contributed by atoms with Crippen LogP contribution in [-0.4, -0.2) is 41.0 Å². The van der Waals surface area contributed by atoms with E-state index in [1.807, 2.05) is 24.4 Å². The maximum atomic E-state index is 12.0. The molecule has 2 N–H and O–H groups in total. The van der Waals surface area contributed by atoms with E-state index in [9.17, 15) is 9.59 Å². The summed E-state index contributed by atoms with van der Waals surface area (Å²) in [6.45, 7) is 4.68. The van der Waals surface area contributed by atoms with Gasteiger partial charge >= 0.3 is 5.97 Å². The maximum Gasteiger partial charge on any atom is 0.317 e. The van der Waals surface area contributed by atoms with Gasteiger partial charge in [-0.15, -0.1) is 11.3 Å². The lowest BCUT2D eigenvalue weighted by Gasteiger charge is -2.26. The number of hydrogen-bond donors (Lipinski definition) is 2. The maximum absolute atomic E-state index is 12.0. The number of thiophene rings is 1. The number of amides is 1. The fraction of sp³-hybridized carbons (Fsp3) is 0.538. The highest BCUT2D eigenvalue weighted by molar-refractivity contribution is 7.09. The van der Waals surface area contributed by atoms with Crippen LogP contribution in [0.1, 0.15) is 25.1 Å². The lowest BCUT2D eigenvalue weighted by Crippen LogP contribution is -2.47. The summed E-state index contributed by atoms with van der Waals surface area (Å²) in [5.41, 5.74) is 0. The molecule has 1 atom stereocenters. The van der Waals surface area contributed by atoms with Gasteiger partial charge in [-0.2, -0.15) is 0 Å². The molecule has 19 heavy (non-hydrogen) atoms. The lowest BCUT2D eigenvalue weighted by molar-refractivity contribution is -0.139. The smallest absolute Gasteiger partial charge is 0.317 e. The van der Waals surface area contributed by atoms with Crippen LogP contribution in [0.3, 0.4) is 0 Å². The summed E-state index contributed by atoms with van der Waals surface area (Å²) in [4.78, 5) is 25.5. The third-order valence-electron chi connectivity index (χ3n) is 2.79. The van der Waals surface area contributed by atoms with Crippen LogP contribution in [0.5, 0.6) is 0 Å². The molecular formula is C13H20N2O3S. The second kappa shape index (κ2) is 7.91. The third kappa shape index (κ3) is 5.40. The van der Waals surface area contributed by atoms with Crippen molar-refractivity contribution in [1.29, 1.82) is 0 Å². The van der Waals surface area contributed by atoms with E-state index in [1.54, 1.807) is 23.2 Å². The van der Waals surface area contributed by atoms with Crippen LogP contribution >= 0.6 is 11.3 Å². The molecule has 1 heterocycles. The summed E-state index contributed by atoms with van der Waals surface area (Å²) in [7, 11) is 0. The molecule has 106 valence electrons. The van der Waals surface area contributed by atoms with Crippen molar-refractivity contribution >= 4 is 23.2 Å². The van der Waals surface area contributed by atoms with Gasteiger partial charge in [0.1, 0.15) is 0 Å². The van der Waals surface area contributed by atoms with E-state index in [2.05, 4.69) is 5.32 Å². The van der Waals surface area contributed by atoms with Gasteiger partial charge in [-0.3, -0.25) is 14.5 Å². The molecule has 0 aliphatic heterocycles. The first-order valence-electron chi connectivity index (χ1n) is 6.30. The molecule has 1 unspecified atom stereocenters. The van der Waals surface area contributed by atoms with Gasteiger partial charge in [0.15, 0.2) is 0 Å². The Balaban J connectivity index is 2.49. The molecule has 0 spiro atoms. The Hall–Kier alpha value is -1.40. The van der Waals surface area contributed by atoms with Gasteiger partial charge in [0, 0.05) is 4.88 Å². The fourth-order valence-corrected chi connectivity index (χ4v) is 2.42. The molecule has 0 aromatic carbocycles. The number of carboxylic acids is 1. The predicted octanol–water partition coefficient (Wildman–Crippen LogP) is 1.55. The Bertz CT molecular complexity index is 406. The summed E-state index contributed by atoms with van der Waals surface area (Å²) in [5, 5.41) is 13.6. The number of aliphatic carboxylic acids is 1. The zero-order chi connectivity index (χ0) is 14.3. The Morgan fingerprint density at radius 3 is 2.79 bits per heavy atom. The van der Waals surface area contributed by atoms with Crippen molar-refractivity contribution in [2.24, 2.45) is 0 Å². The van der Waals surface area contributed by atoms with E-state index in [4.69, 9.17) is 5.11 Å². The first kappa shape index (κ1) is 15.7. The average molecular weight is 284 g/mol. The molecule has 5 nitrogen and oxygen atoms in total. The molecule has 0 fully saturated rings. The molecular weight excluding hydrogens is 264 g/mol. The summed E-state index contributed by atoms with van der Waals surface area (Å²) in [6, 6.07) is 3.45. The largest absolute Gasteiger partial charge is 0.480 e. The summed E-state index contributed by atoms with van der Waals surface area (Å²) < 4.78 is 0. The first-order chi connectivity index (χ1) is 9.04. The molecule has 6 heteroatoms. The van der Waals surface area contributed by atoms with Crippen LogP contribution in [0.15, 0.2) is 17.5 Å². The van der Waals surface area contributed by atoms with Crippen molar-refractivity contribution in [1.82, 2.24) is 10.2 Å². The average Bonchev–Trinajstić information content (AvgIpc) is 2.87. The first-order valence-corrected chi connectivity index (χ1v) is 7.18. The van der Waals surface area contributed by atoms with Crippen molar-refractivity contribution < 1.29 is 14.7 Å². The van der Waals surface area contributed by atoms with Crippen molar-refractivity contribution in [3.63, 3.8) is 0 Å². The van der Waals surface area contributed by atoms with Gasteiger partial charge in [0.2, 0.25) is 5.91 Å². The van der Waals surface area contributed by atoms with E-state index in [0.717, 1.165) is 11.3 Å². The summed E-state index contributed by atoms with van der Waals surface area (Å²) >= 11 is 1.58. The van der Waals surface area contributed by atoms with Crippen molar-refractivity contribution in [2.45, 2.75) is 32.9 Å². The van der Waals surface area contributed by atoms with E-state index in [0.29, 0.717) is 13.1 Å².